The molecule has 0 N–H and O–H groups in total. The number of carbonyl (C=O) groups is 1. The third-order valence-corrected chi connectivity index (χ3v) is 6.33. The average molecular weight is 488 g/mol. The SMILES string of the molecule is CCCCCCCCCC/C(=C\C(=O)OCCCCCCCCCCCBr)CCC. The zero-order valence-electron chi connectivity index (χ0n) is 20.3. The predicted molar refractivity (Wildman–Crippen MR) is 137 cm³/mol. The van der Waals surface area contributed by atoms with E-state index < -0.39 is 0 Å². The van der Waals surface area contributed by atoms with Crippen LogP contribution >= 0.6 is 15.9 Å². The Hall–Kier alpha value is -0.310. The molecule has 0 rings (SSSR count). The van der Waals surface area contributed by atoms with Gasteiger partial charge in [0.2, 0.25) is 0 Å². The molecule has 0 heterocycles. The molecule has 0 aromatic rings. The number of esters is 1. The van der Waals surface area contributed by atoms with E-state index in [1.807, 2.05) is 0 Å². The van der Waals surface area contributed by atoms with Crippen LogP contribution in [0.25, 0.3) is 0 Å². The third kappa shape index (κ3) is 22.4. The first-order chi connectivity index (χ1) is 14.7. The monoisotopic (exact) mass is 486 g/mol. The second-order valence-corrected chi connectivity index (χ2v) is 9.61. The molecular formula is C27H51BrO2. The van der Waals surface area contributed by atoms with Gasteiger partial charge in [0.25, 0.3) is 0 Å². The smallest absolute Gasteiger partial charge is 0.330 e. The molecule has 0 spiro atoms. The van der Waals surface area contributed by atoms with Gasteiger partial charge in [-0.25, -0.2) is 4.79 Å². The lowest BCUT2D eigenvalue weighted by atomic mass is 10.0. The number of unbranched alkanes of at least 4 members (excludes halogenated alkanes) is 15. The molecule has 0 fully saturated rings. The van der Waals surface area contributed by atoms with Crippen molar-refractivity contribution in [1.29, 1.82) is 0 Å². The highest BCUT2D eigenvalue weighted by Gasteiger charge is 2.04. The maximum Gasteiger partial charge on any atom is 0.330 e. The number of halogens is 1. The largest absolute Gasteiger partial charge is 0.463 e. The second-order valence-electron chi connectivity index (χ2n) is 8.82. The van der Waals surface area contributed by atoms with E-state index in [-0.39, 0.29) is 5.97 Å². The van der Waals surface area contributed by atoms with Gasteiger partial charge in [-0.05, 0) is 32.1 Å². The lowest BCUT2D eigenvalue weighted by Gasteiger charge is -2.08. The fourth-order valence-corrected chi connectivity index (χ4v) is 4.29. The van der Waals surface area contributed by atoms with Gasteiger partial charge in [-0.15, -0.1) is 0 Å². The summed E-state index contributed by atoms with van der Waals surface area (Å²) in [6, 6.07) is 0. The quantitative estimate of drug-likeness (QED) is 0.0620. The Morgan fingerprint density at radius 2 is 1.13 bits per heavy atom. The maximum absolute atomic E-state index is 12.1. The molecule has 0 unspecified atom stereocenters. The number of alkyl halides is 1. The molecule has 0 aliphatic heterocycles. The Morgan fingerprint density at radius 3 is 1.67 bits per heavy atom. The minimum atomic E-state index is -0.121. The standard InChI is InChI=1S/C27H51BrO2/c1-3-5-6-7-8-12-15-18-22-26(21-4-2)25-27(29)30-24-20-17-14-11-9-10-13-16-19-23-28/h25H,3-24H2,1-2H3/b26-25-. The highest BCUT2D eigenvalue weighted by atomic mass is 79.9. The molecule has 3 heteroatoms. The van der Waals surface area contributed by atoms with Gasteiger partial charge in [-0.1, -0.05) is 132 Å². The van der Waals surface area contributed by atoms with Crippen LogP contribution < -0.4 is 0 Å². The van der Waals surface area contributed by atoms with E-state index in [9.17, 15) is 4.79 Å². The fourth-order valence-electron chi connectivity index (χ4n) is 3.89. The van der Waals surface area contributed by atoms with Crippen molar-refractivity contribution in [2.45, 2.75) is 142 Å². The predicted octanol–water partition coefficient (Wildman–Crippen LogP) is 9.69. The Kier molecular flexibility index (Phi) is 24.7. The number of hydrogen-bond acceptors (Lipinski definition) is 2. The normalized spacial score (nSPS) is 11.8. The molecule has 0 aromatic carbocycles. The second kappa shape index (κ2) is 25.0. The molecule has 0 amide bonds. The third-order valence-electron chi connectivity index (χ3n) is 5.77. The van der Waals surface area contributed by atoms with Crippen LogP contribution in [0.2, 0.25) is 0 Å². The summed E-state index contributed by atoms with van der Waals surface area (Å²) in [7, 11) is 0. The first kappa shape index (κ1) is 29.7. The Morgan fingerprint density at radius 1 is 0.633 bits per heavy atom. The van der Waals surface area contributed by atoms with Crippen molar-refractivity contribution in [3.05, 3.63) is 11.6 Å². The molecule has 0 bridgehead atoms. The van der Waals surface area contributed by atoms with Crippen molar-refractivity contribution < 1.29 is 9.53 Å². The molecule has 178 valence electrons. The Bertz CT molecular complexity index is 392. The zero-order valence-corrected chi connectivity index (χ0v) is 21.9. The molecule has 0 aliphatic rings. The fraction of sp³-hybridized carbons (Fsp3) is 0.889. The molecule has 0 atom stereocenters. The van der Waals surface area contributed by atoms with E-state index in [1.54, 1.807) is 6.08 Å². The van der Waals surface area contributed by atoms with E-state index in [1.165, 1.54) is 108 Å². The van der Waals surface area contributed by atoms with Crippen molar-refractivity contribution in [1.82, 2.24) is 0 Å². The van der Waals surface area contributed by atoms with Crippen LogP contribution in [-0.2, 0) is 9.53 Å². The van der Waals surface area contributed by atoms with Crippen LogP contribution in [0.4, 0.5) is 0 Å². The summed E-state index contributed by atoms with van der Waals surface area (Å²) in [6.45, 7) is 5.04. The van der Waals surface area contributed by atoms with Crippen molar-refractivity contribution in [3.8, 4) is 0 Å². The summed E-state index contributed by atoms with van der Waals surface area (Å²) in [5, 5.41) is 1.14. The summed E-state index contributed by atoms with van der Waals surface area (Å²) < 4.78 is 5.45. The highest BCUT2D eigenvalue weighted by molar-refractivity contribution is 9.09. The number of carbonyl (C=O) groups excluding carboxylic acids is 1. The Labute approximate surface area is 197 Å². The summed E-state index contributed by atoms with van der Waals surface area (Å²) in [6.07, 6.45) is 27.2. The number of hydrogen-bond donors (Lipinski definition) is 0. The van der Waals surface area contributed by atoms with Crippen LogP contribution in [0.1, 0.15) is 142 Å². The van der Waals surface area contributed by atoms with Gasteiger partial charge in [0.15, 0.2) is 0 Å². The van der Waals surface area contributed by atoms with Gasteiger partial charge in [-0.2, -0.15) is 0 Å². The van der Waals surface area contributed by atoms with Crippen LogP contribution in [-0.4, -0.2) is 17.9 Å². The van der Waals surface area contributed by atoms with Crippen molar-refractivity contribution in [2.75, 3.05) is 11.9 Å². The molecule has 30 heavy (non-hydrogen) atoms. The van der Waals surface area contributed by atoms with Crippen molar-refractivity contribution in [2.24, 2.45) is 0 Å². The summed E-state index contributed by atoms with van der Waals surface area (Å²) in [5.74, 6) is -0.121. The minimum absolute atomic E-state index is 0.121. The molecule has 0 radical (unpaired) electrons. The maximum atomic E-state index is 12.1. The van der Waals surface area contributed by atoms with Crippen LogP contribution in [0.3, 0.4) is 0 Å². The summed E-state index contributed by atoms with van der Waals surface area (Å²) in [5.41, 5.74) is 1.29. The van der Waals surface area contributed by atoms with E-state index in [2.05, 4.69) is 29.8 Å². The molecule has 0 aliphatic carbocycles. The number of ether oxygens (including phenoxy) is 1. The van der Waals surface area contributed by atoms with Crippen LogP contribution in [0.5, 0.6) is 0 Å². The Balaban J connectivity index is 3.69. The molecule has 0 saturated heterocycles. The van der Waals surface area contributed by atoms with Crippen LogP contribution in [0, 0.1) is 0 Å². The van der Waals surface area contributed by atoms with Crippen LogP contribution in [0.15, 0.2) is 11.6 Å². The van der Waals surface area contributed by atoms with E-state index in [0.717, 1.165) is 31.0 Å². The van der Waals surface area contributed by atoms with Gasteiger partial charge in [0, 0.05) is 11.4 Å². The van der Waals surface area contributed by atoms with Crippen molar-refractivity contribution in [3.63, 3.8) is 0 Å². The topological polar surface area (TPSA) is 26.3 Å². The molecule has 2 nitrogen and oxygen atoms in total. The van der Waals surface area contributed by atoms with Gasteiger partial charge in [0.1, 0.15) is 0 Å². The lowest BCUT2D eigenvalue weighted by molar-refractivity contribution is -0.137. The highest BCUT2D eigenvalue weighted by Crippen LogP contribution is 2.17. The lowest BCUT2D eigenvalue weighted by Crippen LogP contribution is -2.04. The molecule has 0 aromatic heterocycles. The van der Waals surface area contributed by atoms with E-state index >= 15 is 0 Å². The summed E-state index contributed by atoms with van der Waals surface area (Å²) in [4.78, 5) is 12.1. The van der Waals surface area contributed by atoms with Crippen molar-refractivity contribution >= 4 is 21.9 Å². The number of allylic oxidation sites excluding steroid dienone is 1. The average Bonchev–Trinajstić information content (AvgIpc) is 2.74. The van der Waals surface area contributed by atoms with E-state index in [4.69, 9.17) is 4.74 Å². The van der Waals surface area contributed by atoms with E-state index in [0.29, 0.717) is 6.61 Å². The van der Waals surface area contributed by atoms with Gasteiger partial charge in [-0.3, -0.25) is 0 Å². The minimum Gasteiger partial charge on any atom is -0.463 e. The number of rotatable bonds is 23. The van der Waals surface area contributed by atoms with Gasteiger partial charge >= 0.3 is 5.97 Å². The summed E-state index contributed by atoms with van der Waals surface area (Å²) >= 11 is 3.48. The zero-order chi connectivity index (χ0) is 22.1. The molecule has 0 saturated carbocycles. The van der Waals surface area contributed by atoms with Gasteiger partial charge in [0.05, 0.1) is 6.61 Å². The first-order valence-electron chi connectivity index (χ1n) is 13.2. The molecular weight excluding hydrogens is 436 g/mol. The first-order valence-corrected chi connectivity index (χ1v) is 14.3. The van der Waals surface area contributed by atoms with Gasteiger partial charge < -0.3 is 4.74 Å².